The van der Waals surface area contributed by atoms with Gasteiger partial charge in [-0.25, -0.2) is 0 Å². The molecule has 0 radical (unpaired) electrons. The van der Waals surface area contributed by atoms with Crippen molar-refractivity contribution in [1.82, 2.24) is 0 Å². The summed E-state index contributed by atoms with van der Waals surface area (Å²) in [6.07, 6.45) is -0.165. The average Bonchev–Trinajstić information content (AvgIpc) is 2.58. The number of carboxylic acid groups (broad SMARTS) is 2. The molecule has 2 atom stereocenters. The van der Waals surface area contributed by atoms with Gasteiger partial charge < -0.3 is 10.2 Å². The first kappa shape index (κ1) is 24.1. The molecule has 2 aromatic carbocycles. The number of halogens is 1. The zero-order valence-corrected chi connectivity index (χ0v) is 20.9. The summed E-state index contributed by atoms with van der Waals surface area (Å²) in [7, 11) is 0. The second-order valence-corrected chi connectivity index (χ2v) is 9.25. The second kappa shape index (κ2) is 11.2. The Hall–Kier alpha value is -1.94. The molecule has 2 aromatic rings. The van der Waals surface area contributed by atoms with Gasteiger partial charge >= 0.3 is 139 Å². The normalized spacial score (nSPS) is 16.9. The van der Waals surface area contributed by atoms with E-state index < -0.39 is 11.9 Å². The van der Waals surface area contributed by atoms with Gasteiger partial charge in [0.15, 0.2) is 0 Å². The van der Waals surface area contributed by atoms with Crippen LogP contribution >= 0.6 is 11.6 Å². The summed E-state index contributed by atoms with van der Waals surface area (Å²) in [5.74, 6) is -0.869. The van der Waals surface area contributed by atoms with Crippen molar-refractivity contribution in [3.8, 4) is 5.75 Å². The number of hydrogen-bond donors (Lipinski definition) is 2. The third-order valence-corrected chi connectivity index (χ3v) is 6.27. The van der Waals surface area contributed by atoms with E-state index in [0.29, 0.717) is 42.1 Å². The van der Waals surface area contributed by atoms with Crippen molar-refractivity contribution >= 4 is 55.1 Å². The molecule has 1 heterocycles. The van der Waals surface area contributed by atoms with Crippen LogP contribution in [0.4, 0.5) is 0 Å². The van der Waals surface area contributed by atoms with E-state index >= 15 is 0 Å². The van der Waals surface area contributed by atoms with Crippen molar-refractivity contribution in [2.45, 2.75) is 30.4 Å². The van der Waals surface area contributed by atoms with Crippen LogP contribution in [0.3, 0.4) is 0 Å². The van der Waals surface area contributed by atoms with Crippen LogP contribution in [-0.2, 0) is 9.59 Å². The molecule has 3 rings (SSSR count). The van der Waals surface area contributed by atoms with Gasteiger partial charge in [-0.1, -0.05) is 0 Å². The van der Waals surface area contributed by atoms with E-state index in [0.717, 1.165) is 19.4 Å². The Morgan fingerprint density at radius 3 is 2.04 bits per heavy atom. The fourth-order valence-electron chi connectivity index (χ4n) is 2.36. The number of Topliss-reactive ketones (excluding diaryl/α,β-unsaturated/α-hetero) is 1. The molecule has 0 spiro atoms. The van der Waals surface area contributed by atoms with Crippen LogP contribution in [0.25, 0.3) is 0 Å². The number of carbonyl (C=O) groups is 3. The standard InChI is InChI=1S/C16H12ClO2.2C2H4O2.Tl/c1-10-2-4-11(5-3-10)16-9-14(18)13-8-12(17)6-7-15(13)19-16;2*1-2(3)4;/h2-9,16H,1H3;2*1H3,(H,3,4);/t16-;;;/m1.../s1. The zero-order chi connectivity index (χ0) is 21.4. The Kier molecular flexibility index (Phi) is 9.60. The number of benzene rings is 2. The van der Waals surface area contributed by atoms with Crippen LogP contribution in [0, 0.1) is 6.92 Å². The summed E-state index contributed by atoms with van der Waals surface area (Å²) < 4.78 is 6.01. The van der Waals surface area contributed by atoms with Crippen molar-refractivity contribution in [1.29, 1.82) is 0 Å². The van der Waals surface area contributed by atoms with E-state index in [-0.39, 0.29) is 15.4 Å². The summed E-state index contributed by atoms with van der Waals surface area (Å²) in [4.78, 5) is 30.5. The van der Waals surface area contributed by atoms with E-state index in [2.05, 4.69) is 12.1 Å². The number of fused-ring (bicyclic) bond motifs is 1. The molecule has 0 saturated heterocycles. The quantitative estimate of drug-likeness (QED) is 0.482. The molecular formula is C20H20ClO6Tl. The van der Waals surface area contributed by atoms with Crippen molar-refractivity contribution < 1.29 is 29.3 Å². The summed E-state index contributed by atoms with van der Waals surface area (Å²) in [6, 6.07) is 13.5. The van der Waals surface area contributed by atoms with E-state index in [1.165, 1.54) is 5.56 Å². The van der Waals surface area contributed by atoms with Gasteiger partial charge in [0.2, 0.25) is 0 Å². The van der Waals surface area contributed by atoms with E-state index in [9.17, 15) is 4.79 Å². The topological polar surface area (TPSA) is 101 Å². The van der Waals surface area contributed by atoms with Gasteiger partial charge in [0, 0.05) is 13.8 Å². The van der Waals surface area contributed by atoms with E-state index in [1.54, 1.807) is 18.2 Å². The number of ether oxygens (including phenoxy) is 1. The number of rotatable bonds is 1. The van der Waals surface area contributed by atoms with Crippen LogP contribution < -0.4 is 4.74 Å². The number of aliphatic carboxylic acids is 2. The Morgan fingerprint density at radius 1 is 1.04 bits per heavy atom. The van der Waals surface area contributed by atoms with Gasteiger partial charge in [-0.05, 0) is 0 Å². The molecule has 0 aliphatic carbocycles. The molecule has 0 aromatic heterocycles. The molecule has 28 heavy (non-hydrogen) atoms. The molecule has 0 bridgehead atoms. The first-order valence-electron chi connectivity index (χ1n) is 8.24. The van der Waals surface area contributed by atoms with E-state index in [1.807, 2.05) is 19.1 Å². The van der Waals surface area contributed by atoms with Crippen LogP contribution in [0.15, 0.2) is 42.5 Å². The van der Waals surface area contributed by atoms with Crippen LogP contribution in [-0.4, -0.2) is 53.7 Å². The fraction of sp³-hybridized carbons (Fsp3) is 0.250. The van der Waals surface area contributed by atoms with Crippen molar-refractivity contribution in [2.24, 2.45) is 0 Å². The molecule has 0 fully saturated rings. The molecule has 0 amide bonds. The van der Waals surface area contributed by atoms with Gasteiger partial charge in [-0.15, -0.1) is 0 Å². The van der Waals surface area contributed by atoms with Gasteiger partial charge in [-0.2, -0.15) is 0 Å². The molecule has 146 valence electrons. The molecular weight excluding hydrogens is 576 g/mol. The SMILES string of the molecule is CC(=O)O.CC(=O)O.Cc1ccc([C@@H]2Oc3ccc(Cl)cc3C(=O)[C@@H]2[Tl])cc1. The third-order valence-electron chi connectivity index (χ3n) is 3.50. The van der Waals surface area contributed by atoms with Crippen molar-refractivity contribution in [3.63, 3.8) is 0 Å². The number of aryl methyl sites for hydroxylation is 1. The summed E-state index contributed by atoms with van der Waals surface area (Å²) in [6.45, 7) is 4.22. The Bertz CT molecular complexity index is 830. The monoisotopic (exact) mass is 596 g/mol. The number of carboxylic acids is 2. The number of carbonyl (C=O) groups excluding carboxylic acids is 1. The molecule has 0 unspecified atom stereocenters. The average molecular weight is 596 g/mol. The second-order valence-electron chi connectivity index (χ2n) is 6.02. The Labute approximate surface area is 184 Å². The predicted octanol–water partition coefficient (Wildman–Crippen LogP) is 4.10. The minimum atomic E-state index is -0.833. The van der Waals surface area contributed by atoms with Crippen LogP contribution in [0.2, 0.25) is 8.50 Å². The summed E-state index contributed by atoms with van der Waals surface area (Å²) >= 11 is 6.49. The Morgan fingerprint density at radius 2 is 1.54 bits per heavy atom. The van der Waals surface area contributed by atoms with Crippen molar-refractivity contribution in [3.05, 3.63) is 64.2 Å². The molecule has 8 heteroatoms. The van der Waals surface area contributed by atoms with E-state index in [4.69, 9.17) is 36.1 Å². The molecule has 0 saturated carbocycles. The summed E-state index contributed by atoms with van der Waals surface area (Å²) in [5.41, 5.74) is 2.89. The fourth-order valence-corrected chi connectivity index (χ4v) is 4.40. The van der Waals surface area contributed by atoms with Crippen LogP contribution in [0.5, 0.6) is 5.75 Å². The van der Waals surface area contributed by atoms with Gasteiger partial charge in [0.25, 0.3) is 11.9 Å². The first-order valence-corrected chi connectivity index (χ1v) is 11.2. The van der Waals surface area contributed by atoms with Crippen LogP contribution in [0.1, 0.15) is 41.4 Å². The van der Waals surface area contributed by atoms with Crippen molar-refractivity contribution in [2.75, 3.05) is 0 Å². The summed E-state index contributed by atoms with van der Waals surface area (Å²) in [5, 5.41) is 15.4. The van der Waals surface area contributed by atoms with Gasteiger partial charge in [-0.3, -0.25) is 9.59 Å². The van der Waals surface area contributed by atoms with Gasteiger partial charge in [0.1, 0.15) is 0 Å². The number of hydrogen-bond acceptors (Lipinski definition) is 4. The molecule has 1 aliphatic rings. The third kappa shape index (κ3) is 7.59. The molecule has 6 nitrogen and oxygen atoms in total. The first-order chi connectivity index (χ1) is 13.0. The molecule has 2 N–H and O–H groups in total. The Balaban J connectivity index is 0.000000420. The maximum atomic E-state index is 12.5. The number of ketones is 1. The minimum absolute atomic E-state index is 0.0522. The van der Waals surface area contributed by atoms with Gasteiger partial charge in [0.05, 0.1) is 0 Å². The predicted molar refractivity (Wildman–Crippen MR) is 106 cm³/mol. The maximum absolute atomic E-state index is 12.5. The molecule has 1 aliphatic heterocycles. The zero-order valence-electron chi connectivity index (χ0n) is 15.7.